The fourth-order valence-electron chi connectivity index (χ4n) is 2.04. The summed E-state index contributed by atoms with van der Waals surface area (Å²) in [6.07, 6.45) is 5.08. The van der Waals surface area contributed by atoms with Crippen molar-refractivity contribution in [3.63, 3.8) is 0 Å². The van der Waals surface area contributed by atoms with Crippen LogP contribution >= 0.6 is 0 Å². The van der Waals surface area contributed by atoms with Crippen molar-refractivity contribution in [3.8, 4) is 0 Å². The molecule has 0 spiro atoms. The zero-order valence-electron chi connectivity index (χ0n) is 11.1. The van der Waals surface area contributed by atoms with Crippen LogP contribution in [0.5, 0.6) is 0 Å². The number of carbonyl (C=O) groups excluding carboxylic acids is 1. The number of aromatic nitrogens is 1. The molecule has 0 aliphatic carbocycles. The third-order valence-corrected chi connectivity index (χ3v) is 3.51. The molecule has 4 heteroatoms. The van der Waals surface area contributed by atoms with Crippen LogP contribution in [0.2, 0.25) is 0 Å². The van der Waals surface area contributed by atoms with Crippen LogP contribution in [0.15, 0.2) is 18.3 Å². The minimum absolute atomic E-state index is 0.0447. The highest BCUT2D eigenvalue weighted by molar-refractivity contribution is 5.92. The summed E-state index contributed by atoms with van der Waals surface area (Å²) in [4.78, 5) is 18.4. The molecule has 1 aromatic rings. The molecule has 0 aromatic carbocycles. The molecule has 1 amide bonds. The third-order valence-electron chi connectivity index (χ3n) is 3.51. The van der Waals surface area contributed by atoms with E-state index in [4.69, 9.17) is 0 Å². The molecule has 0 saturated carbocycles. The first-order chi connectivity index (χ1) is 8.70. The number of hydrogen-bond donors (Lipinski definition) is 1. The van der Waals surface area contributed by atoms with Gasteiger partial charge in [-0.15, -0.1) is 0 Å². The maximum Gasteiger partial charge on any atom is 0.227 e. The Morgan fingerprint density at radius 3 is 2.72 bits per heavy atom. The van der Waals surface area contributed by atoms with Gasteiger partial charge in [-0.1, -0.05) is 13.8 Å². The Morgan fingerprint density at radius 2 is 2.17 bits per heavy atom. The molecule has 2 heterocycles. The van der Waals surface area contributed by atoms with Crippen molar-refractivity contribution in [1.82, 2.24) is 4.98 Å². The molecule has 1 N–H and O–H groups in total. The first kappa shape index (κ1) is 12.9. The Hall–Kier alpha value is -1.58. The fraction of sp³-hybridized carbons (Fsp3) is 0.571. The lowest BCUT2D eigenvalue weighted by Crippen LogP contribution is -2.21. The summed E-state index contributed by atoms with van der Waals surface area (Å²) in [5.74, 6) is 1.12. The SMILES string of the molecule is CC[C@@H](C)C(=O)Nc1ccc(N2CCCC2)nc1. The first-order valence-electron chi connectivity index (χ1n) is 6.72. The minimum atomic E-state index is 0.0447. The Labute approximate surface area is 108 Å². The lowest BCUT2D eigenvalue weighted by atomic mass is 10.1. The summed E-state index contributed by atoms with van der Waals surface area (Å²) in [6.45, 7) is 6.12. The van der Waals surface area contributed by atoms with E-state index in [1.807, 2.05) is 26.0 Å². The number of hydrogen-bond acceptors (Lipinski definition) is 3. The predicted octanol–water partition coefficient (Wildman–Crippen LogP) is 2.67. The van der Waals surface area contributed by atoms with Crippen molar-refractivity contribution >= 4 is 17.4 Å². The molecule has 1 aliphatic heterocycles. The molecular formula is C14H21N3O. The Kier molecular flexibility index (Phi) is 4.18. The molecule has 2 rings (SSSR count). The summed E-state index contributed by atoms with van der Waals surface area (Å²) in [5.41, 5.74) is 0.781. The second-order valence-corrected chi connectivity index (χ2v) is 4.90. The molecular weight excluding hydrogens is 226 g/mol. The van der Waals surface area contributed by atoms with Crippen molar-refractivity contribution in [2.75, 3.05) is 23.3 Å². The summed E-state index contributed by atoms with van der Waals surface area (Å²) in [7, 11) is 0. The minimum Gasteiger partial charge on any atom is -0.357 e. The van der Waals surface area contributed by atoms with E-state index in [2.05, 4.69) is 15.2 Å². The standard InChI is InChI=1S/C14H21N3O/c1-3-11(2)14(18)16-12-6-7-13(15-10-12)17-8-4-5-9-17/h6-7,10-11H,3-5,8-9H2,1-2H3,(H,16,18)/t11-/m1/s1. The highest BCUT2D eigenvalue weighted by Gasteiger charge is 2.14. The third kappa shape index (κ3) is 3.00. The normalized spacial score (nSPS) is 16.7. The number of amides is 1. The van der Waals surface area contributed by atoms with Crippen LogP contribution in [-0.4, -0.2) is 24.0 Å². The van der Waals surface area contributed by atoms with Gasteiger partial charge in [0, 0.05) is 19.0 Å². The van der Waals surface area contributed by atoms with Gasteiger partial charge in [0.15, 0.2) is 0 Å². The monoisotopic (exact) mass is 247 g/mol. The summed E-state index contributed by atoms with van der Waals surface area (Å²) in [5, 5.41) is 2.89. The quantitative estimate of drug-likeness (QED) is 0.889. The number of carbonyl (C=O) groups is 1. The lowest BCUT2D eigenvalue weighted by Gasteiger charge is -2.16. The van der Waals surface area contributed by atoms with Crippen LogP contribution in [0, 0.1) is 5.92 Å². The lowest BCUT2D eigenvalue weighted by molar-refractivity contribution is -0.119. The molecule has 0 bridgehead atoms. The summed E-state index contributed by atoms with van der Waals surface area (Å²) >= 11 is 0. The number of anilines is 2. The molecule has 1 atom stereocenters. The second-order valence-electron chi connectivity index (χ2n) is 4.90. The highest BCUT2D eigenvalue weighted by Crippen LogP contribution is 2.19. The van der Waals surface area contributed by atoms with Crippen LogP contribution in [0.1, 0.15) is 33.1 Å². The second kappa shape index (κ2) is 5.85. The zero-order valence-corrected chi connectivity index (χ0v) is 11.1. The molecule has 0 radical (unpaired) electrons. The van der Waals surface area contributed by atoms with Gasteiger partial charge in [0.2, 0.25) is 5.91 Å². The van der Waals surface area contributed by atoms with Crippen molar-refractivity contribution < 1.29 is 4.79 Å². The maximum absolute atomic E-state index is 11.7. The van der Waals surface area contributed by atoms with E-state index in [0.29, 0.717) is 0 Å². The van der Waals surface area contributed by atoms with Crippen molar-refractivity contribution in [2.24, 2.45) is 5.92 Å². The molecule has 18 heavy (non-hydrogen) atoms. The molecule has 98 valence electrons. The number of rotatable bonds is 4. The van der Waals surface area contributed by atoms with Gasteiger partial charge in [-0.25, -0.2) is 4.98 Å². The van der Waals surface area contributed by atoms with Crippen molar-refractivity contribution in [1.29, 1.82) is 0 Å². The van der Waals surface area contributed by atoms with E-state index in [1.54, 1.807) is 6.20 Å². The summed E-state index contributed by atoms with van der Waals surface area (Å²) < 4.78 is 0. The smallest absolute Gasteiger partial charge is 0.227 e. The average Bonchev–Trinajstić information content (AvgIpc) is 2.92. The van der Waals surface area contributed by atoms with E-state index < -0.39 is 0 Å². The van der Waals surface area contributed by atoms with E-state index in [9.17, 15) is 4.79 Å². The molecule has 4 nitrogen and oxygen atoms in total. The van der Waals surface area contributed by atoms with Gasteiger partial charge in [-0.2, -0.15) is 0 Å². The van der Waals surface area contributed by atoms with Crippen LogP contribution in [0.3, 0.4) is 0 Å². The average molecular weight is 247 g/mol. The topological polar surface area (TPSA) is 45.2 Å². The van der Waals surface area contributed by atoms with E-state index >= 15 is 0 Å². The number of nitrogens with one attached hydrogen (secondary N) is 1. The van der Waals surface area contributed by atoms with Gasteiger partial charge in [0.1, 0.15) is 5.82 Å². The van der Waals surface area contributed by atoms with Crippen LogP contribution < -0.4 is 10.2 Å². The maximum atomic E-state index is 11.7. The van der Waals surface area contributed by atoms with Gasteiger partial charge < -0.3 is 10.2 Å². The van der Waals surface area contributed by atoms with Gasteiger partial charge in [-0.05, 0) is 31.4 Å². The number of pyridine rings is 1. The van der Waals surface area contributed by atoms with E-state index in [0.717, 1.165) is 31.0 Å². The Morgan fingerprint density at radius 1 is 1.44 bits per heavy atom. The van der Waals surface area contributed by atoms with Crippen LogP contribution in [0.25, 0.3) is 0 Å². The molecule has 1 fully saturated rings. The molecule has 0 unspecified atom stereocenters. The summed E-state index contributed by atoms with van der Waals surface area (Å²) in [6, 6.07) is 3.92. The van der Waals surface area contributed by atoms with Crippen LogP contribution in [0.4, 0.5) is 11.5 Å². The van der Waals surface area contributed by atoms with Gasteiger partial charge >= 0.3 is 0 Å². The van der Waals surface area contributed by atoms with Crippen molar-refractivity contribution in [2.45, 2.75) is 33.1 Å². The molecule has 1 aromatic heterocycles. The van der Waals surface area contributed by atoms with Crippen molar-refractivity contribution in [3.05, 3.63) is 18.3 Å². The van der Waals surface area contributed by atoms with Gasteiger partial charge in [-0.3, -0.25) is 4.79 Å². The Bertz CT molecular complexity index is 396. The fourth-order valence-corrected chi connectivity index (χ4v) is 2.04. The highest BCUT2D eigenvalue weighted by atomic mass is 16.1. The van der Waals surface area contributed by atoms with Crippen LogP contribution in [-0.2, 0) is 4.79 Å². The number of nitrogens with zero attached hydrogens (tertiary/aromatic N) is 2. The zero-order chi connectivity index (χ0) is 13.0. The van der Waals surface area contributed by atoms with Gasteiger partial charge in [0.25, 0.3) is 0 Å². The van der Waals surface area contributed by atoms with E-state index in [1.165, 1.54) is 12.8 Å². The van der Waals surface area contributed by atoms with Gasteiger partial charge in [0.05, 0.1) is 11.9 Å². The molecule has 1 saturated heterocycles. The predicted molar refractivity (Wildman–Crippen MR) is 73.8 cm³/mol. The largest absolute Gasteiger partial charge is 0.357 e. The first-order valence-corrected chi connectivity index (χ1v) is 6.72. The Balaban J connectivity index is 1.97. The molecule has 1 aliphatic rings. The van der Waals surface area contributed by atoms with E-state index in [-0.39, 0.29) is 11.8 Å².